The van der Waals surface area contributed by atoms with Crippen molar-refractivity contribution in [2.45, 2.75) is 19.8 Å². The van der Waals surface area contributed by atoms with Crippen molar-refractivity contribution in [1.82, 2.24) is 4.90 Å². The lowest BCUT2D eigenvalue weighted by molar-refractivity contribution is -0.131. The molecule has 0 aliphatic carbocycles. The fourth-order valence-electron chi connectivity index (χ4n) is 2.18. The van der Waals surface area contributed by atoms with Crippen LogP contribution in [0.2, 0.25) is 0 Å². The molecule has 0 spiro atoms. The highest BCUT2D eigenvalue weighted by atomic mass is 16.4. The summed E-state index contributed by atoms with van der Waals surface area (Å²) >= 11 is 0. The Morgan fingerprint density at radius 1 is 1.40 bits per heavy atom. The van der Waals surface area contributed by atoms with Crippen molar-refractivity contribution in [2.24, 2.45) is 0 Å². The summed E-state index contributed by atoms with van der Waals surface area (Å²) in [7, 11) is 0. The zero-order valence-corrected chi connectivity index (χ0v) is 11.2. The molecule has 0 unspecified atom stereocenters. The Labute approximate surface area is 116 Å². The standard InChI is InChI=1S/C14H16N2O4/c1-9-4-5-11(10(7-9)14(19)20)15-12(17)8-16-6-2-3-13(16)18/h4-5,7H,2-3,6,8H2,1H3,(H,15,17)(H,19,20). The second-order valence-corrected chi connectivity index (χ2v) is 4.82. The fourth-order valence-corrected chi connectivity index (χ4v) is 2.18. The molecule has 0 radical (unpaired) electrons. The third-order valence-corrected chi connectivity index (χ3v) is 3.19. The van der Waals surface area contributed by atoms with E-state index in [-0.39, 0.29) is 29.6 Å². The summed E-state index contributed by atoms with van der Waals surface area (Å²) in [5, 5.41) is 11.7. The van der Waals surface area contributed by atoms with E-state index in [0.29, 0.717) is 13.0 Å². The molecular formula is C14H16N2O4. The Bertz CT molecular complexity index is 568. The molecule has 1 saturated heterocycles. The van der Waals surface area contributed by atoms with Gasteiger partial charge < -0.3 is 15.3 Å². The van der Waals surface area contributed by atoms with Crippen molar-refractivity contribution < 1.29 is 19.5 Å². The van der Waals surface area contributed by atoms with Crippen LogP contribution in [0.15, 0.2) is 18.2 Å². The van der Waals surface area contributed by atoms with Gasteiger partial charge in [-0.1, -0.05) is 11.6 Å². The molecule has 2 rings (SSSR count). The summed E-state index contributed by atoms with van der Waals surface area (Å²) in [5.74, 6) is -1.52. The predicted octanol–water partition coefficient (Wildman–Crippen LogP) is 1.25. The van der Waals surface area contributed by atoms with Gasteiger partial charge in [0.05, 0.1) is 17.8 Å². The zero-order valence-electron chi connectivity index (χ0n) is 11.2. The lowest BCUT2D eigenvalue weighted by Crippen LogP contribution is -2.34. The molecule has 1 aliphatic rings. The number of carboxylic acid groups (broad SMARTS) is 1. The molecule has 0 bridgehead atoms. The molecule has 0 saturated carbocycles. The highest BCUT2D eigenvalue weighted by Crippen LogP contribution is 2.18. The van der Waals surface area contributed by atoms with Crippen molar-refractivity contribution in [3.05, 3.63) is 29.3 Å². The number of carbonyl (C=O) groups excluding carboxylic acids is 2. The van der Waals surface area contributed by atoms with Crippen molar-refractivity contribution in [1.29, 1.82) is 0 Å². The van der Waals surface area contributed by atoms with E-state index in [1.165, 1.54) is 11.0 Å². The van der Waals surface area contributed by atoms with Gasteiger partial charge in [-0.3, -0.25) is 9.59 Å². The first kappa shape index (κ1) is 14.0. The maximum atomic E-state index is 11.9. The van der Waals surface area contributed by atoms with Crippen LogP contribution in [-0.4, -0.2) is 40.9 Å². The number of nitrogens with zero attached hydrogens (tertiary/aromatic N) is 1. The van der Waals surface area contributed by atoms with E-state index in [2.05, 4.69) is 5.32 Å². The molecule has 1 aromatic carbocycles. The number of likely N-dealkylation sites (tertiary alicyclic amines) is 1. The average molecular weight is 276 g/mol. The molecule has 1 aliphatic heterocycles. The number of amides is 2. The molecule has 2 amide bonds. The molecular weight excluding hydrogens is 260 g/mol. The van der Waals surface area contributed by atoms with Crippen LogP contribution in [0.25, 0.3) is 0 Å². The summed E-state index contributed by atoms with van der Waals surface area (Å²) in [6.45, 7) is 2.32. The predicted molar refractivity (Wildman–Crippen MR) is 72.6 cm³/mol. The van der Waals surface area contributed by atoms with Crippen LogP contribution in [0.1, 0.15) is 28.8 Å². The number of anilines is 1. The molecule has 1 fully saturated rings. The summed E-state index contributed by atoms with van der Waals surface area (Å²) in [5.41, 5.74) is 1.10. The van der Waals surface area contributed by atoms with E-state index in [1.807, 2.05) is 0 Å². The second kappa shape index (κ2) is 5.73. The van der Waals surface area contributed by atoms with Gasteiger partial charge in [0.25, 0.3) is 0 Å². The van der Waals surface area contributed by atoms with Crippen LogP contribution in [0, 0.1) is 6.92 Å². The summed E-state index contributed by atoms with van der Waals surface area (Å²) < 4.78 is 0. The number of hydrogen-bond acceptors (Lipinski definition) is 3. The van der Waals surface area contributed by atoms with Crippen LogP contribution >= 0.6 is 0 Å². The van der Waals surface area contributed by atoms with Gasteiger partial charge in [-0.2, -0.15) is 0 Å². The maximum absolute atomic E-state index is 11.9. The van der Waals surface area contributed by atoms with Gasteiger partial charge in [-0.05, 0) is 25.5 Å². The molecule has 2 N–H and O–H groups in total. The van der Waals surface area contributed by atoms with Gasteiger partial charge in [0.1, 0.15) is 0 Å². The van der Waals surface area contributed by atoms with Gasteiger partial charge in [0.2, 0.25) is 11.8 Å². The molecule has 106 valence electrons. The van der Waals surface area contributed by atoms with Gasteiger partial charge in [0, 0.05) is 13.0 Å². The van der Waals surface area contributed by atoms with E-state index in [9.17, 15) is 14.4 Å². The van der Waals surface area contributed by atoms with E-state index >= 15 is 0 Å². The third kappa shape index (κ3) is 3.14. The number of nitrogens with one attached hydrogen (secondary N) is 1. The number of carboxylic acids is 1. The zero-order chi connectivity index (χ0) is 14.7. The van der Waals surface area contributed by atoms with Crippen LogP contribution in [0.5, 0.6) is 0 Å². The Morgan fingerprint density at radius 2 is 2.15 bits per heavy atom. The van der Waals surface area contributed by atoms with E-state index in [1.54, 1.807) is 19.1 Å². The molecule has 0 atom stereocenters. The first-order chi connectivity index (χ1) is 9.47. The minimum Gasteiger partial charge on any atom is -0.478 e. The van der Waals surface area contributed by atoms with Crippen molar-refractivity contribution in [3.63, 3.8) is 0 Å². The van der Waals surface area contributed by atoms with Crippen LogP contribution < -0.4 is 5.32 Å². The molecule has 20 heavy (non-hydrogen) atoms. The van der Waals surface area contributed by atoms with Crippen molar-refractivity contribution >= 4 is 23.5 Å². The smallest absolute Gasteiger partial charge is 0.337 e. The maximum Gasteiger partial charge on any atom is 0.337 e. The topological polar surface area (TPSA) is 86.7 Å². The number of aromatic carboxylic acids is 1. The SMILES string of the molecule is Cc1ccc(NC(=O)CN2CCCC2=O)c(C(=O)O)c1. The lowest BCUT2D eigenvalue weighted by Gasteiger charge is -2.15. The molecule has 1 heterocycles. The third-order valence-electron chi connectivity index (χ3n) is 3.19. The summed E-state index contributed by atoms with van der Waals surface area (Å²) in [4.78, 5) is 35.9. The molecule has 6 nitrogen and oxygen atoms in total. The van der Waals surface area contributed by atoms with E-state index in [0.717, 1.165) is 12.0 Å². The highest BCUT2D eigenvalue weighted by molar-refractivity contribution is 6.02. The van der Waals surface area contributed by atoms with Gasteiger partial charge in [0.15, 0.2) is 0 Å². The number of rotatable bonds is 4. The first-order valence-electron chi connectivity index (χ1n) is 6.39. The Hall–Kier alpha value is -2.37. The average Bonchev–Trinajstić information content (AvgIpc) is 2.77. The highest BCUT2D eigenvalue weighted by Gasteiger charge is 2.23. The van der Waals surface area contributed by atoms with Crippen molar-refractivity contribution in [2.75, 3.05) is 18.4 Å². The van der Waals surface area contributed by atoms with Gasteiger partial charge in [-0.25, -0.2) is 4.79 Å². The Kier molecular flexibility index (Phi) is 4.02. The number of aryl methyl sites for hydroxylation is 1. The lowest BCUT2D eigenvalue weighted by atomic mass is 10.1. The molecule has 0 aromatic heterocycles. The van der Waals surface area contributed by atoms with Crippen LogP contribution in [-0.2, 0) is 9.59 Å². The normalized spacial score (nSPS) is 14.4. The fraction of sp³-hybridized carbons (Fsp3) is 0.357. The Balaban J connectivity index is 2.07. The van der Waals surface area contributed by atoms with Crippen LogP contribution in [0.4, 0.5) is 5.69 Å². The number of carbonyl (C=O) groups is 3. The Morgan fingerprint density at radius 3 is 2.75 bits per heavy atom. The molecule has 1 aromatic rings. The second-order valence-electron chi connectivity index (χ2n) is 4.82. The van der Waals surface area contributed by atoms with E-state index in [4.69, 9.17) is 5.11 Å². The van der Waals surface area contributed by atoms with Gasteiger partial charge >= 0.3 is 5.97 Å². The van der Waals surface area contributed by atoms with E-state index < -0.39 is 5.97 Å². The number of hydrogen-bond donors (Lipinski definition) is 2. The first-order valence-corrected chi connectivity index (χ1v) is 6.39. The minimum atomic E-state index is -1.10. The summed E-state index contributed by atoms with van der Waals surface area (Å²) in [6, 6.07) is 4.78. The molecule has 6 heteroatoms. The summed E-state index contributed by atoms with van der Waals surface area (Å²) in [6.07, 6.45) is 1.23. The van der Waals surface area contributed by atoms with Crippen molar-refractivity contribution in [3.8, 4) is 0 Å². The van der Waals surface area contributed by atoms with Gasteiger partial charge in [-0.15, -0.1) is 0 Å². The van der Waals surface area contributed by atoms with Crippen LogP contribution in [0.3, 0.4) is 0 Å². The quantitative estimate of drug-likeness (QED) is 0.866. The largest absolute Gasteiger partial charge is 0.478 e. The monoisotopic (exact) mass is 276 g/mol. The number of benzene rings is 1. The minimum absolute atomic E-state index is 0.0359.